The highest BCUT2D eigenvalue weighted by atomic mass is 16.5. The Balaban J connectivity index is 1.48. The smallest absolute Gasteiger partial charge is 0.339 e. The van der Waals surface area contributed by atoms with Gasteiger partial charge < -0.3 is 15.4 Å². The van der Waals surface area contributed by atoms with E-state index in [1.807, 2.05) is 12.1 Å². The number of ether oxygens (including phenoxy) is 1. The van der Waals surface area contributed by atoms with Crippen LogP contribution < -0.4 is 10.6 Å². The maximum Gasteiger partial charge on any atom is 0.339 e. The summed E-state index contributed by atoms with van der Waals surface area (Å²) >= 11 is 0. The number of esters is 1. The van der Waals surface area contributed by atoms with Crippen LogP contribution in [0.4, 0.5) is 5.69 Å². The highest BCUT2D eigenvalue weighted by Crippen LogP contribution is 2.23. The van der Waals surface area contributed by atoms with Crippen LogP contribution in [0.5, 0.6) is 0 Å². The topological polar surface area (TPSA) is 84.5 Å². The van der Waals surface area contributed by atoms with Crippen LogP contribution in [-0.2, 0) is 16.0 Å². The normalized spacial score (nSPS) is 18.9. The van der Waals surface area contributed by atoms with Gasteiger partial charge in [0.2, 0.25) is 0 Å². The van der Waals surface area contributed by atoms with Crippen LogP contribution in [0.1, 0.15) is 52.0 Å². The molecular formula is C22H22N2O4. The van der Waals surface area contributed by atoms with Crippen LogP contribution in [0.15, 0.2) is 48.5 Å². The van der Waals surface area contributed by atoms with Gasteiger partial charge in [-0.2, -0.15) is 0 Å². The summed E-state index contributed by atoms with van der Waals surface area (Å²) in [7, 11) is 0. The Kier molecular flexibility index (Phi) is 5.10. The number of anilines is 1. The lowest BCUT2D eigenvalue weighted by Crippen LogP contribution is -2.38. The Morgan fingerprint density at radius 2 is 1.68 bits per heavy atom. The number of fused-ring (bicyclic) bond motifs is 1. The van der Waals surface area contributed by atoms with Crippen molar-refractivity contribution in [2.45, 2.75) is 44.2 Å². The molecule has 28 heavy (non-hydrogen) atoms. The predicted octanol–water partition coefficient (Wildman–Crippen LogP) is 3.08. The zero-order valence-corrected chi connectivity index (χ0v) is 15.4. The number of carbonyl (C=O) groups is 3. The van der Waals surface area contributed by atoms with Gasteiger partial charge in [-0.1, -0.05) is 43.2 Å². The van der Waals surface area contributed by atoms with E-state index in [9.17, 15) is 14.4 Å². The molecule has 2 aromatic rings. The average Bonchev–Trinajstić information content (AvgIpc) is 3.21. The second kappa shape index (κ2) is 7.84. The van der Waals surface area contributed by atoms with Crippen LogP contribution in [0, 0.1) is 0 Å². The van der Waals surface area contributed by atoms with E-state index in [0.29, 0.717) is 23.2 Å². The molecule has 0 saturated heterocycles. The van der Waals surface area contributed by atoms with Gasteiger partial charge in [-0.3, -0.25) is 9.59 Å². The molecule has 2 aromatic carbocycles. The number of benzene rings is 2. The maximum absolute atomic E-state index is 12.7. The zero-order chi connectivity index (χ0) is 19.5. The Bertz CT molecular complexity index is 918. The molecule has 1 saturated carbocycles. The summed E-state index contributed by atoms with van der Waals surface area (Å²) in [6.45, 7) is 0. The largest absolute Gasteiger partial charge is 0.448 e. The van der Waals surface area contributed by atoms with Gasteiger partial charge in [0.05, 0.1) is 16.8 Å². The Labute approximate surface area is 163 Å². The second-order valence-corrected chi connectivity index (χ2v) is 7.24. The van der Waals surface area contributed by atoms with E-state index in [-0.39, 0.29) is 11.9 Å². The third kappa shape index (κ3) is 3.76. The Morgan fingerprint density at radius 1 is 0.964 bits per heavy atom. The van der Waals surface area contributed by atoms with Crippen LogP contribution >= 0.6 is 0 Å². The van der Waals surface area contributed by atoms with Crippen molar-refractivity contribution < 1.29 is 19.1 Å². The van der Waals surface area contributed by atoms with Gasteiger partial charge in [-0.05, 0) is 36.6 Å². The van der Waals surface area contributed by atoms with E-state index in [4.69, 9.17) is 4.74 Å². The SMILES string of the molecule is O=C1OC(C(=O)Nc2ccccc2C(=O)NC2CCCC2)Cc2ccccc21. The minimum Gasteiger partial charge on any atom is -0.448 e. The monoisotopic (exact) mass is 378 g/mol. The summed E-state index contributed by atoms with van der Waals surface area (Å²) in [5.74, 6) is -1.15. The minimum absolute atomic E-state index is 0.187. The lowest BCUT2D eigenvalue weighted by molar-refractivity contribution is -0.125. The molecular weight excluding hydrogens is 356 g/mol. The molecule has 2 aliphatic rings. The third-order valence-electron chi connectivity index (χ3n) is 5.30. The molecule has 1 unspecified atom stereocenters. The van der Waals surface area contributed by atoms with Crippen molar-refractivity contribution in [3.05, 3.63) is 65.2 Å². The molecule has 1 aliphatic carbocycles. The van der Waals surface area contributed by atoms with Crippen molar-refractivity contribution in [3.63, 3.8) is 0 Å². The van der Waals surface area contributed by atoms with Gasteiger partial charge in [0.15, 0.2) is 6.10 Å². The molecule has 1 atom stereocenters. The van der Waals surface area contributed by atoms with Gasteiger partial charge in [0, 0.05) is 12.5 Å². The van der Waals surface area contributed by atoms with Gasteiger partial charge >= 0.3 is 5.97 Å². The quantitative estimate of drug-likeness (QED) is 0.801. The molecule has 1 fully saturated rings. The summed E-state index contributed by atoms with van der Waals surface area (Å²) in [5.41, 5.74) is 2.09. The number of hydrogen-bond donors (Lipinski definition) is 2. The van der Waals surface area contributed by atoms with Gasteiger partial charge in [-0.25, -0.2) is 4.79 Å². The van der Waals surface area contributed by atoms with E-state index in [1.165, 1.54) is 0 Å². The molecule has 4 rings (SSSR count). The first-order valence-electron chi connectivity index (χ1n) is 9.61. The number of carbonyl (C=O) groups excluding carboxylic acids is 3. The van der Waals surface area contributed by atoms with E-state index in [1.54, 1.807) is 36.4 Å². The standard InChI is InChI=1S/C22H22N2O4/c25-20(23-15-8-2-3-9-15)17-11-5-6-12-18(17)24-21(26)19-13-14-7-1-4-10-16(14)22(27)28-19/h1,4-7,10-12,15,19H,2-3,8-9,13H2,(H,23,25)(H,24,26). The van der Waals surface area contributed by atoms with Crippen molar-refractivity contribution in [1.29, 1.82) is 0 Å². The molecule has 0 radical (unpaired) electrons. The summed E-state index contributed by atoms with van der Waals surface area (Å²) < 4.78 is 5.30. The lowest BCUT2D eigenvalue weighted by Gasteiger charge is -2.24. The van der Waals surface area contributed by atoms with Gasteiger partial charge in [-0.15, -0.1) is 0 Å². The summed E-state index contributed by atoms with van der Waals surface area (Å²) in [5, 5.41) is 5.79. The fourth-order valence-corrected chi connectivity index (χ4v) is 3.81. The van der Waals surface area contributed by atoms with E-state index in [2.05, 4.69) is 10.6 Å². The number of amides is 2. The minimum atomic E-state index is -0.923. The van der Waals surface area contributed by atoms with Gasteiger partial charge in [0.25, 0.3) is 11.8 Å². The first-order chi connectivity index (χ1) is 13.6. The first kappa shape index (κ1) is 18.2. The molecule has 0 spiro atoms. The van der Waals surface area contributed by atoms with Crippen molar-refractivity contribution in [3.8, 4) is 0 Å². The molecule has 6 nitrogen and oxygen atoms in total. The molecule has 1 heterocycles. The second-order valence-electron chi connectivity index (χ2n) is 7.24. The number of nitrogens with one attached hydrogen (secondary N) is 2. The highest BCUT2D eigenvalue weighted by Gasteiger charge is 2.31. The van der Waals surface area contributed by atoms with Crippen LogP contribution in [0.3, 0.4) is 0 Å². The Morgan fingerprint density at radius 3 is 2.50 bits per heavy atom. The van der Waals surface area contributed by atoms with E-state index < -0.39 is 18.0 Å². The van der Waals surface area contributed by atoms with Crippen LogP contribution in [-0.4, -0.2) is 29.9 Å². The van der Waals surface area contributed by atoms with Crippen molar-refractivity contribution in [2.75, 3.05) is 5.32 Å². The highest BCUT2D eigenvalue weighted by molar-refractivity contribution is 6.06. The fourth-order valence-electron chi connectivity index (χ4n) is 3.81. The number of para-hydroxylation sites is 1. The molecule has 0 aromatic heterocycles. The molecule has 144 valence electrons. The molecule has 1 aliphatic heterocycles. The van der Waals surface area contributed by atoms with Crippen molar-refractivity contribution >= 4 is 23.5 Å². The summed E-state index contributed by atoms with van der Waals surface area (Å²) in [6, 6.07) is 14.2. The van der Waals surface area contributed by atoms with Crippen molar-refractivity contribution in [1.82, 2.24) is 5.32 Å². The Hall–Kier alpha value is -3.15. The maximum atomic E-state index is 12.7. The molecule has 0 bridgehead atoms. The average molecular weight is 378 g/mol. The summed E-state index contributed by atoms with van der Waals surface area (Å²) in [6.07, 6.45) is 3.60. The van der Waals surface area contributed by atoms with Crippen LogP contribution in [0.25, 0.3) is 0 Å². The number of hydrogen-bond acceptors (Lipinski definition) is 4. The van der Waals surface area contributed by atoms with Crippen molar-refractivity contribution in [2.24, 2.45) is 0 Å². The van der Waals surface area contributed by atoms with E-state index in [0.717, 1.165) is 31.2 Å². The number of rotatable bonds is 4. The molecule has 6 heteroatoms. The first-order valence-corrected chi connectivity index (χ1v) is 9.61. The van der Waals surface area contributed by atoms with E-state index >= 15 is 0 Å². The molecule has 2 N–H and O–H groups in total. The lowest BCUT2D eigenvalue weighted by atomic mass is 9.98. The fraction of sp³-hybridized carbons (Fsp3) is 0.318. The third-order valence-corrected chi connectivity index (χ3v) is 5.30. The predicted molar refractivity (Wildman–Crippen MR) is 104 cm³/mol. The summed E-state index contributed by atoms with van der Waals surface area (Å²) in [4.78, 5) is 37.5. The zero-order valence-electron chi connectivity index (χ0n) is 15.4. The molecule has 2 amide bonds. The van der Waals surface area contributed by atoms with Gasteiger partial charge in [0.1, 0.15) is 0 Å². The number of cyclic esters (lactones) is 1. The van der Waals surface area contributed by atoms with Crippen LogP contribution in [0.2, 0.25) is 0 Å².